The number of nitrogens with zero attached hydrogens (tertiary/aromatic N) is 4. The number of nitrogens with one attached hydrogen (secondary N) is 1. The Balaban J connectivity index is 1.55. The fourth-order valence-electron chi connectivity index (χ4n) is 4.31. The smallest absolute Gasteiger partial charge is 0.407 e. The predicted molar refractivity (Wildman–Crippen MR) is 118 cm³/mol. The molecule has 0 unspecified atom stereocenters. The van der Waals surface area contributed by atoms with E-state index in [4.69, 9.17) is 5.73 Å². The summed E-state index contributed by atoms with van der Waals surface area (Å²) in [5.41, 5.74) is 4.60. The van der Waals surface area contributed by atoms with E-state index in [1.54, 1.807) is 0 Å². The van der Waals surface area contributed by atoms with Crippen LogP contribution in [-0.4, -0.2) is 55.9 Å². The summed E-state index contributed by atoms with van der Waals surface area (Å²) in [5.74, 6) is -2.32. The zero-order valence-electron chi connectivity index (χ0n) is 17.8. The molecule has 0 spiro atoms. The topological polar surface area (TPSA) is 126 Å². The first-order chi connectivity index (χ1) is 16.2. The number of hydrogen-bond acceptors (Lipinski definition) is 6. The summed E-state index contributed by atoms with van der Waals surface area (Å²) in [6.07, 6.45) is 0.428. The van der Waals surface area contributed by atoms with Gasteiger partial charge in [0.15, 0.2) is 11.6 Å². The molecule has 2 atom stereocenters. The monoisotopic (exact) mass is 474 g/mol. The number of rotatable bonds is 4. The van der Waals surface area contributed by atoms with Gasteiger partial charge < -0.3 is 21.1 Å². The number of hydrogen-bond donors (Lipinski definition) is 3. The Morgan fingerprint density at radius 1 is 1.18 bits per heavy atom. The summed E-state index contributed by atoms with van der Waals surface area (Å²) in [6, 6.07) is 3.16. The van der Waals surface area contributed by atoms with Gasteiger partial charge in [0.2, 0.25) is 5.95 Å². The molecule has 2 aliphatic rings. The lowest BCUT2D eigenvalue weighted by Crippen LogP contribution is -2.49. The van der Waals surface area contributed by atoms with Crippen LogP contribution in [0, 0.1) is 11.6 Å². The van der Waals surface area contributed by atoms with Gasteiger partial charge in [-0.15, -0.1) is 0 Å². The zero-order chi connectivity index (χ0) is 24.1. The number of carbonyl (C=O) groups is 1. The summed E-state index contributed by atoms with van der Waals surface area (Å²) in [5, 5.41) is 12.6. The minimum Gasteiger partial charge on any atom is -0.465 e. The molecule has 3 aromatic rings. The van der Waals surface area contributed by atoms with E-state index in [9.17, 15) is 27.9 Å². The van der Waals surface area contributed by atoms with E-state index < -0.39 is 35.5 Å². The molecule has 1 aromatic carbocycles. The molecule has 4 N–H and O–H groups in total. The van der Waals surface area contributed by atoms with E-state index >= 15 is 0 Å². The van der Waals surface area contributed by atoms with Gasteiger partial charge in [-0.3, -0.25) is 9.36 Å². The molecule has 12 heteroatoms. The largest absolute Gasteiger partial charge is 0.465 e. The van der Waals surface area contributed by atoms with Crippen molar-refractivity contribution in [1.82, 2.24) is 19.4 Å². The molecule has 1 aliphatic heterocycles. The number of benzene rings is 1. The van der Waals surface area contributed by atoms with Crippen molar-refractivity contribution in [2.24, 2.45) is 0 Å². The summed E-state index contributed by atoms with van der Waals surface area (Å²) >= 11 is 0. The lowest BCUT2D eigenvalue weighted by Gasteiger charge is -2.33. The molecule has 0 radical (unpaired) electrons. The Hall–Kier alpha value is -3.83. The maximum absolute atomic E-state index is 14.6. The first kappa shape index (κ1) is 22.0. The predicted octanol–water partition coefficient (Wildman–Crippen LogP) is 3.16. The van der Waals surface area contributed by atoms with Gasteiger partial charge in [0.1, 0.15) is 11.8 Å². The van der Waals surface area contributed by atoms with Gasteiger partial charge in [-0.05, 0) is 31.0 Å². The molecule has 2 fully saturated rings. The maximum atomic E-state index is 14.6. The number of fused-ring (bicyclic) bond motifs is 1. The number of aromatic nitrogens is 3. The van der Waals surface area contributed by atoms with Crippen LogP contribution in [0.15, 0.2) is 29.2 Å². The van der Waals surface area contributed by atoms with E-state index in [1.165, 1.54) is 29.0 Å². The van der Waals surface area contributed by atoms with E-state index in [0.717, 1.165) is 17.7 Å². The van der Waals surface area contributed by atoms with Gasteiger partial charge in [0.05, 0.1) is 17.8 Å². The lowest BCUT2D eigenvalue weighted by molar-refractivity contribution is 0.102. The van der Waals surface area contributed by atoms with Gasteiger partial charge in [0, 0.05) is 42.2 Å². The highest BCUT2D eigenvalue weighted by atomic mass is 19.2. The van der Waals surface area contributed by atoms with Gasteiger partial charge in [-0.2, -0.15) is 4.98 Å². The molecular weight excluding hydrogens is 453 g/mol. The van der Waals surface area contributed by atoms with Crippen LogP contribution in [0.25, 0.3) is 22.2 Å². The van der Waals surface area contributed by atoms with Crippen molar-refractivity contribution in [1.29, 1.82) is 0 Å². The quantitative estimate of drug-likeness (QED) is 0.496. The number of anilines is 2. The third kappa shape index (κ3) is 3.88. The van der Waals surface area contributed by atoms with Crippen LogP contribution in [0.3, 0.4) is 0 Å². The molecule has 178 valence electrons. The SMILES string of the molecule is Nc1ccc(-c2cc3cnc(N[C@H]4C[C@H](F)CN(C(=O)O)C4)nc3n(C3CC3)c2=O)c(F)c1F. The van der Waals surface area contributed by atoms with Crippen molar-refractivity contribution in [3.05, 3.63) is 46.4 Å². The van der Waals surface area contributed by atoms with E-state index in [-0.39, 0.29) is 48.3 Å². The van der Waals surface area contributed by atoms with Gasteiger partial charge in [0.25, 0.3) is 5.56 Å². The lowest BCUT2D eigenvalue weighted by atomic mass is 10.0. The number of nitrogens with two attached hydrogens (primary N) is 1. The third-order valence-electron chi connectivity index (χ3n) is 6.09. The van der Waals surface area contributed by atoms with Crippen molar-refractivity contribution in [2.75, 3.05) is 24.1 Å². The average Bonchev–Trinajstić information content (AvgIpc) is 3.62. The van der Waals surface area contributed by atoms with Crippen molar-refractivity contribution >= 4 is 28.8 Å². The molecule has 5 rings (SSSR count). The average molecular weight is 474 g/mol. The molecular formula is C22H21F3N6O3. The number of likely N-dealkylation sites (tertiary alicyclic amines) is 1. The van der Waals surface area contributed by atoms with Crippen LogP contribution < -0.4 is 16.6 Å². The van der Waals surface area contributed by atoms with Crippen LogP contribution >= 0.6 is 0 Å². The number of halogens is 3. The summed E-state index contributed by atoms with van der Waals surface area (Å²) < 4.78 is 44.1. The summed E-state index contributed by atoms with van der Waals surface area (Å²) in [6.45, 7) is -0.133. The first-order valence-electron chi connectivity index (χ1n) is 10.8. The minimum absolute atomic E-state index is 0.0373. The Kier molecular flexibility index (Phi) is 5.29. The van der Waals surface area contributed by atoms with Crippen LogP contribution in [0.4, 0.5) is 29.6 Å². The molecule has 1 aliphatic carbocycles. The summed E-state index contributed by atoms with van der Waals surface area (Å²) in [7, 11) is 0. The zero-order valence-corrected chi connectivity index (χ0v) is 17.8. The molecule has 1 saturated carbocycles. The second kappa shape index (κ2) is 8.19. The molecule has 9 nitrogen and oxygen atoms in total. The minimum atomic E-state index is -1.33. The number of nitrogen functional groups attached to an aromatic ring is 1. The number of alkyl halides is 1. The molecule has 0 bridgehead atoms. The van der Waals surface area contributed by atoms with Crippen LogP contribution in [0.5, 0.6) is 0 Å². The Morgan fingerprint density at radius 2 is 1.94 bits per heavy atom. The number of piperidine rings is 1. The maximum Gasteiger partial charge on any atom is 0.407 e. The van der Waals surface area contributed by atoms with E-state index in [1.807, 2.05) is 0 Å². The number of pyridine rings is 1. The van der Waals surface area contributed by atoms with E-state index in [2.05, 4.69) is 15.3 Å². The van der Waals surface area contributed by atoms with Crippen LogP contribution in [-0.2, 0) is 0 Å². The normalized spacial score (nSPS) is 20.5. The molecule has 3 heterocycles. The first-order valence-corrected chi connectivity index (χ1v) is 10.8. The highest BCUT2D eigenvalue weighted by Crippen LogP contribution is 2.37. The highest BCUT2D eigenvalue weighted by molar-refractivity contribution is 5.82. The van der Waals surface area contributed by atoms with Gasteiger partial charge in [-0.1, -0.05) is 0 Å². The number of carboxylic acid groups (broad SMARTS) is 1. The molecule has 34 heavy (non-hydrogen) atoms. The number of amides is 1. The Labute approximate surface area is 191 Å². The Morgan fingerprint density at radius 3 is 2.65 bits per heavy atom. The van der Waals surface area contributed by atoms with Gasteiger partial charge >= 0.3 is 6.09 Å². The standard InChI is InChI=1S/C22H21F3N6O3/c23-11-6-12(9-30(8-11)22(33)34)28-21-27-7-10-5-15(14-3-4-16(26)18(25)17(14)24)20(32)31(13-1-2-13)19(10)29-21/h3-5,7,11-13H,1-2,6,8-9,26H2,(H,33,34)(H,27,28,29)/t11-,12-/m0/s1. The van der Waals surface area contributed by atoms with Crippen molar-refractivity contribution in [3.63, 3.8) is 0 Å². The third-order valence-corrected chi connectivity index (χ3v) is 6.09. The molecule has 1 amide bonds. The molecule has 1 saturated heterocycles. The second-order valence-corrected chi connectivity index (χ2v) is 8.63. The molecule has 2 aromatic heterocycles. The highest BCUT2D eigenvalue weighted by Gasteiger charge is 2.32. The fourth-order valence-corrected chi connectivity index (χ4v) is 4.31. The van der Waals surface area contributed by atoms with Crippen molar-refractivity contribution in [3.8, 4) is 11.1 Å². The second-order valence-electron chi connectivity index (χ2n) is 8.63. The van der Waals surface area contributed by atoms with Crippen LogP contribution in [0.1, 0.15) is 25.3 Å². The Bertz CT molecular complexity index is 1360. The van der Waals surface area contributed by atoms with Crippen LogP contribution in [0.2, 0.25) is 0 Å². The van der Waals surface area contributed by atoms with Gasteiger partial charge in [-0.25, -0.2) is 22.9 Å². The van der Waals surface area contributed by atoms with Crippen molar-refractivity contribution in [2.45, 2.75) is 37.5 Å². The summed E-state index contributed by atoms with van der Waals surface area (Å²) in [4.78, 5) is 34.2. The van der Waals surface area contributed by atoms with Crippen molar-refractivity contribution < 1.29 is 23.1 Å². The fraction of sp³-hybridized carbons (Fsp3) is 0.364. The van der Waals surface area contributed by atoms with E-state index in [0.29, 0.717) is 11.0 Å².